The molecule has 5 fully saturated rings. The van der Waals surface area contributed by atoms with Crippen LogP contribution in [0.4, 0.5) is 0 Å². The number of allylic oxidation sites excluding steroid dienone is 3. The summed E-state index contributed by atoms with van der Waals surface area (Å²) in [6.07, 6.45) is -5.52. The van der Waals surface area contributed by atoms with Crippen LogP contribution in [-0.4, -0.2) is 333 Å². The molecule has 0 saturated carbocycles. The normalized spacial score (nSPS) is 32.9. The number of rotatable bonds is 60. The van der Waals surface area contributed by atoms with Crippen molar-refractivity contribution in [3.63, 3.8) is 0 Å². The van der Waals surface area contributed by atoms with E-state index in [4.69, 9.17) is 47.4 Å². The van der Waals surface area contributed by atoms with Gasteiger partial charge in [-0.25, -0.2) is 4.79 Å². The van der Waals surface area contributed by atoms with Gasteiger partial charge in [-0.05, 0) is 44.9 Å². The summed E-state index contributed by atoms with van der Waals surface area (Å²) >= 11 is 0. The van der Waals surface area contributed by atoms with Crippen molar-refractivity contribution in [1.29, 1.82) is 0 Å². The van der Waals surface area contributed by atoms with Crippen LogP contribution in [0.15, 0.2) is 24.3 Å². The highest BCUT2D eigenvalue weighted by atomic mass is 16.8. The van der Waals surface area contributed by atoms with E-state index in [0.717, 1.165) is 71.1 Å². The molecule has 0 aromatic carbocycles. The van der Waals surface area contributed by atoms with Gasteiger partial charge in [0.2, 0.25) is 17.7 Å². The Hall–Kier alpha value is -3.72. The van der Waals surface area contributed by atoms with Gasteiger partial charge in [0.15, 0.2) is 25.2 Å². The van der Waals surface area contributed by atoms with E-state index in [-0.39, 0.29) is 6.42 Å². The van der Waals surface area contributed by atoms with Crippen LogP contribution in [0.1, 0.15) is 245 Å². The van der Waals surface area contributed by atoms with Gasteiger partial charge in [-0.2, -0.15) is 0 Å². The molecule has 5 saturated heterocycles. The molecule has 10 unspecified atom stereocenters. The number of unbranched alkanes of at least 4 members (excludes halogenated alkanes) is 30. The van der Waals surface area contributed by atoms with E-state index in [0.29, 0.717) is 12.8 Å². The SMILES string of the molecule is CCCCCCCC/C=C\CCCCCCCCCCCCCCCC(=O)N[C@@H](CO[C@@H]1OC(CO)[C@@H](O[C@@H]2OC(CO)[C@H](O[C@@H]3OC(CO)[C@H](O)[C@H](O[C@@H]4OC(CO)[C@H](O)[C@H](O)C4O)C3NC(C)=O)[C@H](O[C@]3(C(=O)O)CC(O)[C@@H](NC(=O)CO)C([C@H](O)[C@H](O)CO)O3)C2O)[C@H](O)C1O)[C@H](O)/C=C/CCCCCCCCCCCCC. The molecule has 5 rings (SSSR count). The minimum absolute atomic E-state index is 0.124. The predicted molar refractivity (Wildman–Crippen MR) is 417 cm³/mol. The molecule has 35 heteroatoms. The van der Waals surface area contributed by atoms with E-state index in [1.54, 1.807) is 0 Å². The molecule has 5 aliphatic rings. The topological polar surface area (TPSA) is 561 Å². The van der Waals surface area contributed by atoms with Gasteiger partial charge in [-0.1, -0.05) is 205 Å². The maximum Gasteiger partial charge on any atom is 0.364 e. The fraction of sp³-hybridized carbons (Fsp3) is 0.901. The van der Waals surface area contributed by atoms with Crippen LogP contribution in [0.5, 0.6) is 0 Å². The van der Waals surface area contributed by atoms with Crippen molar-refractivity contribution >= 4 is 23.7 Å². The fourth-order valence-electron chi connectivity index (χ4n) is 15.4. The van der Waals surface area contributed by atoms with Crippen LogP contribution < -0.4 is 16.0 Å². The molecule has 0 aromatic heterocycles. The molecule has 0 radical (unpaired) electrons. The highest BCUT2D eigenvalue weighted by Crippen LogP contribution is 2.41. The summed E-state index contributed by atoms with van der Waals surface area (Å²) in [5, 5.41) is 207. The third-order valence-corrected chi connectivity index (χ3v) is 22.3. The van der Waals surface area contributed by atoms with Crippen molar-refractivity contribution in [3.8, 4) is 0 Å². The number of hydrogen-bond acceptors (Lipinski definition) is 31. The first-order chi connectivity index (χ1) is 55.8. The van der Waals surface area contributed by atoms with E-state index in [1.807, 2.05) is 6.08 Å². The summed E-state index contributed by atoms with van der Waals surface area (Å²) in [6, 6.07) is -5.00. The smallest absolute Gasteiger partial charge is 0.364 e. The first-order valence-electron chi connectivity index (χ1n) is 42.9. The lowest BCUT2D eigenvalue weighted by Gasteiger charge is -2.52. The van der Waals surface area contributed by atoms with Crippen molar-refractivity contribution in [2.45, 2.75) is 417 Å². The molecule has 0 aliphatic carbocycles. The summed E-state index contributed by atoms with van der Waals surface area (Å²) in [7, 11) is 0. The van der Waals surface area contributed by atoms with Crippen LogP contribution in [-0.2, 0) is 66.5 Å². The molecule has 676 valence electrons. The van der Waals surface area contributed by atoms with Crippen molar-refractivity contribution in [1.82, 2.24) is 16.0 Å². The zero-order valence-corrected chi connectivity index (χ0v) is 68.4. The first kappa shape index (κ1) is 103. The number of aliphatic carboxylic acids is 1. The van der Waals surface area contributed by atoms with Gasteiger partial charge >= 0.3 is 5.97 Å². The summed E-state index contributed by atoms with van der Waals surface area (Å²) in [5.74, 6) is -8.20. The van der Waals surface area contributed by atoms with E-state index in [2.05, 4.69) is 41.9 Å². The fourth-order valence-corrected chi connectivity index (χ4v) is 15.4. The number of carbonyl (C=O) groups excluding carboxylic acids is 3. The van der Waals surface area contributed by atoms with E-state index < -0.39 is 248 Å². The Bertz CT molecular complexity index is 2710. The molecule has 0 bridgehead atoms. The Morgan fingerprint density at radius 1 is 0.457 bits per heavy atom. The van der Waals surface area contributed by atoms with Crippen LogP contribution in [0.2, 0.25) is 0 Å². The molecule has 5 aliphatic heterocycles. The van der Waals surface area contributed by atoms with Crippen molar-refractivity contribution in [2.24, 2.45) is 0 Å². The lowest BCUT2D eigenvalue weighted by Crippen LogP contribution is -2.72. The van der Waals surface area contributed by atoms with Gasteiger partial charge in [-0.15, -0.1) is 0 Å². The number of aliphatic hydroxyl groups is 17. The summed E-state index contributed by atoms with van der Waals surface area (Å²) in [4.78, 5) is 53.3. The molecule has 28 atom stereocenters. The second-order valence-electron chi connectivity index (χ2n) is 31.8. The molecule has 3 amide bonds. The standard InChI is InChI=1S/C81H145N3O32/c1-4-6-8-10-12-14-16-18-19-20-21-22-23-24-25-26-27-29-31-33-35-37-39-41-59(95)83-51(52(92)40-38-36-34-32-30-28-17-15-13-11-9-7-5-2)49-107-77-69(103)67(101)71(57(46-88)110-77)112-79-70(104)75(116-81(80(105)106)42-53(93)61(84-60(96)48-90)74(115-81)63(97)54(94)43-85)72(58(47-89)111-79)113-76-62(82-50(3)91)73(65(99)56(45-87)108-76)114-78-68(102)66(100)64(98)55(44-86)109-78/h18-19,38,40,51-58,61-79,85-90,92-94,97-104H,4-17,20-37,39,41-49H2,1-3H3,(H,82,91)(H,83,95)(H,84,96)(H,105,106)/b19-18-,40-38+/t51-,52+,53?,54+,55?,56?,57?,58?,61+,62?,63+,64-,65-,66-,67+,68?,69?,70?,71+,72-,73+,74?,75+,76-,77+,78-,79-,81-/m0/s1. The Balaban J connectivity index is 1.33. The number of hydrogen-bond donors (Lipinski definition) is 21. The van der Waals surface area contributed by atoms with Crippen LogP contribution in [0.25, 0.3) is 0 Å². The minimum atomic E-state index is -3.45. The van der Waals surface area contributed by atoms with Crippen LogP contribution in [0, 0.1) is 0 Å². The van der Waals surface area contributed by atoms with E-state index in [9.17, 15) is 111 Å². The quantitative estimate of drug-likeness (QED) is 0.0296. The second kappa shape index (κ2) is 56.9. The van der Waals surface area contributed by atoms with Gasteiger partial charge in [0.05, 0.1) is 63.9 Å². The van der Waals surface area contributed by atoms with E-state index >= 15 is 0 Å². The Labute approximate surface area is 682 Å². The highest BCUT2D eigenvalue weighted by molar-refractivity contribution is 5.78. The average Bonchev–Trinajstić information content (AvgIpc) is 0.745. The lowest BCUT2D eigenvalue weighted by molar-refractivity contribution is -0.403. The monoisotopic (exact) mass is 1670 g/mol. The van der Waals surface area contributed by atoms with Gasteiger partial charge < -0.3 is 155 Å². The highest BCUT2D eigenvalue weighted by Gasteiger charge is 2.62. The van der Waals surface area contributed by atoms with Gasteiger partial charge in [0.1, 0.15) is 123 Å². The number of aliphatic hydroxyl groups excluding tert-OH is 17. The van der Waals surface area contributed by atoms with Crippen LogP contribution >= 0.6 is 0 Å². The third-order valence-electron chi connectivity index (χ3n) is 22.3. The first-order valence-corrected chi connectivity index (χ1v) is 42.9. The largest absolute Gasteiger partial charge is 0.477 e. The van der Waals surface area contributed by atoms with E-state index in [1.165, 1.54) is 141 Å². The number of ether oxygens (including phenoxy) is 10. The second-order valence-corrected chi connectivity index (χ2v) is 31.8. The zero-order valence-electron chi connectivity index (χ0n) is 68.4. The maximum absolute atomic E-state index is 13.9. The van der Waals surface area contributed by atoms with Crippen molar-refractivity contribution in [2.75, 3.05) is 46.2 Å². The summed E-state index contributed by atoms with van der Waals surface area (Å²) < 4.78 is 60.1. The number of nitrogens with one attached hydrogen (secondary N) is 3. The molecule has 35 nitrogen and oxygen atoms in total. The molecule has 5 heterocycles. The lowest BCUT2D eigenvalue weighted by atomic mass is 9.88. The summed E-state index contributed by atoms with van der Waals surface area (Å²) in [5.41, 5.74) is 0. The number of carboxylic acids is 1. The molecule has 0 aromatic rings. The minimum Gasteiger partial charge on any atom is -0.477 e. The number of carbonyl (C=O) groups is 4. The molecule has 0 spiro atoms. The number of carboxylic acid groups (broad SMARTS) is 1. The van der Waals surface area contributed by atoms with Gasteiger partial charge in [-0.3, -0.25) is 14.4 Å². The average molecular weight is 1670 g/mol. The van der Waals surface area contributed by atoms with Gasteiger partial charge in [0, 0.05) is 19.8 Å². The molecule has 116 heavy (non-hydrogen) atoms. The zero-order chi connectivity index (χ0) is 85.1. The van der Waals surface area contributed by atoms with Gasteiger partial charge in [0.25, 0.3) is 5.79 Å². The summed E-state index contributed by atoms with van der Waals surface area (Å²) in [6.45, 7) is -2.02. The molecular formula is C81H145N3O32. The van der Waals surface area contributed by atoms with Crippen molar-refractivity contribution in [3.05, 3.63) is 24.3 Å². The van der Waals surface area contributed by atoms with Crippen molar-refractivity contribution < 1.29 is 158 Å². The third kappa shape index (κ3) is 33.5. The Morgan fingerprint density at radius 2 is 0.897 bits per heavy atom. The Kier molecular flexibility index (Phi) is 50.4. The maximum atomic E-state index is 13.9. The number of amides is 3. The Morgan fingerprint density at radius 3 is 1.40 bits per heavy atom. The molecule has 21 N–H and O–H groups in total. The molecular weight excluding hydrogens is 1530 g/mol. The predicted octanol–water partition coefficient (Wildman–Crippen LogP) is 0.827. The van der Waals surface area contributed by atoms with Crippen LogP contribution in [0.3, 0.4) is 0 Å².